The zero-order chi connectivity index (χ0) is 23.3. The maximum Gasteiger partial charge on any atom is 0.234 e. The Kier molecular flexibility index (Phi) is 7.90. The van der Waals surface area contributed by atoms with Crippen molar-refractivity contribution in [2.75, 3.05) is 11.1 Å². The highest BCUT2D eigenvalue weighted by Gasteiger charge is 2.22. The number of hydrogen-bond acceptors (Lipinski definition) is 5. The number of hydrogen-bond donors (Lipinski definition) is 1. The van der Waals surface area contributed by atoms with Gasteiger partial charge in [0.2, 0.25) is 5.91 Å². The minimum absolute atomic E-state index is 0.115. The quantitative estimate of drug-likeness (QED) is 0.427. The first kappa shape index (κ1) is 23.8. The second kappa shape index (κ2) is 10.6. The Hall–Kier alpha value is -2.87. The second-order valence-corrected chi connectivity index (χ2v) is 9.19. The lowest BCUT2D eigenvalue weighted by molar-refractivity contribution is -0.113. The van der Waals surface area contributed by atoms with Gasteiger partial charge in [-0.3, -0.25) is 4.79 Å². The summed E-state index contributed by atoms with van der Waals surface area (Å²) in [6.45, 7) is 10.7. The topological polar surface area (TPSA) is 69.0 Å². The average molecular weight is 457 g/mol. The highest BCUT2D eigenvalue weighted by atomic mass is 32.2. The minimum atomic E-state index is -0.503. The number of halogens is 1. The van der Waals surface area contributed by atoms with Gasteiger partial charge in [0.05, 0.1) is 5.75 Å². The summed E-state index contributed by atoms with van der Waals surface area (Å²) in [5.41, 5.74) is 2.97. The third-order valence-corrected chi connectivity index (χ3v) is 5.60. The number of carbonyl (C=O) groups is 1. The molecule has 0 bridgehead atoms. The molecule has 0 radical (unpaired) electrons. The van der Waals surface area contributed by atoms with Gasteiger partial charge in [-0.05, 0) is 62.1 Å². The number of rotatable bonds is 9. The Morgan fingerprint density at radius 2 is 1.81 bits per heavy atom. The fourth-order valence-corrected chi connectivity index (χ4v) is 4.16. The van der Waals surface area contributed by atoms with E-state index >= 15 is 0 Å². The van der Waals surface area contributed by atoms with Gasteiger partial charge in [-0.2, -0.15) is 0 Å². The van der Waals surface area contributed by atoms with Gasteiger partial charge in [-0.15, -0.1) is 10.2 Å². The van der Waals surface area contributed by atoms with Crippen LogP contribution in [0.25, 0.3) is 0 Å². The molecule has 0 fully saturated rings. The summed E-state index contributed by atoms with van der Waals surface area (Å²) in [5.74, 6) is 0.753. The van der Waals surface area contributed by atoms with Crippen molar-refractivity contribution in [2.45, 2.75) is 52.4 Å². The number of anilines is 1. The van der Waals surface area contributed by atoms with Crippen LogP contribution in [-0.4, -0.2) is 26.4 Å². The number of ether oxygens (including phenoxy) is 1. The van der Waals surface area contributed by atoms with Gasteiger partial charge in [-0.25, -0.2) is 4.39 Å². The largest absolute Gasteiger partial charge is 0.480 e. The summed E-state index contributed by atoms with van der Waals surface area (Å²) in [6.07, 6.45) is -0.503. The van der Waals surface area contributed by atoms with Gasteiger partial charge in [0.15, 0.2) is 28.7 Å². The molecule has 1 atom stereocenters. The van der Waals surface area contributed by atoms with Crippen molar-refractivity contribution in [2.24, 2.45) is 5.92 Å². The lowest BCUT2D eigenvalue weighted by Gasteiger charge is -2.18. The fourth-order valence-electron chi connectivity index (χ4n) is 3.40. The van der Waals surface area contributed by atoms with Gasteiger partial charge in [-0.1, -0.05) is 43.8 Å². The molecule has 0 aliphatic carbocycles. The van der Waals surface area contributed by atoms with E-state index in [1.165, 1.54) is 17.8 Å². The van der Waals surface area contributed by atoms with Crippen molar-refractivity contribution in [3.8, 4) is 5.75 Å². The monoisotopic (exact) mass is 456 g/mol. The molecule has 0 aliphatic heterocycles. The van der Waals surface area contributed by atoms with Gasteiger partial charge >= 0.3 is 0 Å². The van der Waals surface area contributed by atoms with Crippen LogP contribution in [0.15, 0.2) is 47.6 Å². The standard InChI is InChI=1S/C24H29FN4O2S/c1-15(2)13-29-23(18(5)31-21-9-7-6-8-20(21)25)27-28-24(29)32-14-22(30)26-19-11-16(3)10-17(4)12-19/h6-12,15,18H,13-14H2,1-5H3,(H,26,30). The van der Waals surface area contributed by atoms with Gasteiger partial charge in [0.1, 0.15) is 0 Å². The van der Waals surface area contributed by atoms with Crippen LogP contribution in [0.2, 0.25) is 0 Å². The summed E-state index contributed by atoms with van der Waals surface area (Å²) in [5, 5.41) is 12.1. The van der Waals surface area contributed by atoms with E-state index in [2.05, 4.69) is 35.4 Å². The third-order valence-electron chi connectivity index (χ3n) is 4.63. The maximum atomic E-state index is 14.0. The van der Waals surface area contributed by atoms with Crippen LogP contribution in [0.4, 0.5) is 10.1 Å². The van der Waals surface area contributed by atoms with E-state index in [0.717, 1.165) is 16.8 Å². The van der Waals surface area contributed by atoms with Gasteiger partial charge in [0, 0.05) is 12.2 Å². The van der Waals surface area contributed by atoms with Crippen molar-refractivity contribution in [3.63, 3.8) is 0 Å². The first-order valence-corrected chi connectivity index (χ1v) is 11.6. The van der Waals surface area contributed by atoms with E-state index in [1.54, 1.807) is 18.2 Å². The molecule has 1 N–H and O–H groups in total. The maximum absolute atomic E-state index is 14.0. The van der Waals surface area contributed by atoms with Crippen LogP contribution in [0, 0.1) is 25.6 Å². The summed E-state index contributed by atoms with van der Waals surface area (Å²) in [4.78, 5) is 12.5. The molecule has 3 aromatic rings. The van der Waals surface area contributed by atoms with E-state index in [-0.39, 0.29) is 17.4 Å². The highest BCUT2D eigenvalue weighted by Crippen LogP contribution is 2.27. The molecule has 1 unspecified atom stereocenters. The van der Waals surface area contributed by atoms with Crippen molar-refractivity contribution < 1.29 is 13.9 Å². The summed E-state index contributed by atoms with van der Waals surface area (Å²) in [7, 11) is 0. The zero-order valence-electron chi connectivity index (χ0n) is 19.1. The second-order valence-electron chi connectivity index (χ2n) is 8.25. The first-order chi connectivity index (χ1) is 15.2. The molecule has 6 nitrogen and oxygen atoms in total. The number of aryl methyl sites for hydroxylation is 2. The molecule has 1 heterocycles. The smallest absolute Gasteiger partial charge is 0.234 e. The SMILES string of the molecule is Cc1cc(C)cc(NC(=O)CSc2nnc(C(C)Oc3ccccc3F)n2CC(C)C)c1. The number of aromatic nitrogens is 3. The number of benzene rings is 2. The van der Waals surface area contributed by atoms with Gasteiger partial charge in [0.25, 0.3) is 0 Å². The minimum Gasteiger partial charge on any atom is -0.480 e. The Labute approximate surface area is 192 Å². The highest BCUT2D eigenvalue weighted by molar-refractivity contribution is 7.99. The normalized spacial score (nSPS) is 12.1. The lowest BCUT2D eigenvalue weighted by atomic mass is 10.1. The molecule has 0 saturated heterocycles. The molecular formula is C24H29FN4O2S. The number of nitrogens with zero attached hydrogens (tertiary/aromatic N) is 3. The summed E-state index contributed by atoms with van der Waals surface area (Å²) >= 11 is 1.32. The van der Waals surface area contributed by atoms with Crippen LogP contribution in [0.1, 0.15) is 43.8 Å². The fraction of sp³-hybridized carbons (Fsp3) is 0.375. The number of carbonyl (C=O) groups excluding carboxylic acids is 1. The predicted molar refractivity (Wildman–Crippen MR) is 126 cm³/mol. The molecule has 3 rings (SSSR count). The Morgan fingerprint density at radius 1 is 1.12 bits per heavy atom. The summed E-state index contributed by atoms with van der Waals surface area (Å²) in [6, 6.07) is 12.2. The van der Waals surface area contributed by atoms with Crippen LogP contribution in [-0.2, 0) is 11.3 Å². The first-order valence-electron chi connectivity index (χ1n) is 10.6. The Bertz CT molecular complexity index is 1060. The molecule has 32 heavy (non-hydrogen) atoms. The van der Waals surface area contributed by atoms with Crippen LogP contribution in [0.3, 0.4) is 0 Å². The van der Waals surface area contributed by atoms with Crippen LogP contribution >= 0.6 is 11.8 Å². The molecule has 170 valence electrons. The molecule has 0 saturated carbocycles. The van der Waals surface area contributed by atoms with Crippen molar-refractivity contribution >= 4 is 23.4 Å². The average Bonchev–Trinajstić information content (AvgIpc) is 3.09. The van der Waals surface area contributed by atoms with Crippen molar-refractivity contribution in [1.82, 2.24) is 14.8 Å². The molecule has 1 amide bonds. The summed E-state index contributed by atoms with van der Waals surface area (Å²) < 4.78 is 21.8. The molecule has 1 aromatic heterocycles. The number of amides is 1. The van der Waals surface area contributed by atoms with Crippen molar-refractivity contribution in [3.05, 3.63) is 65.2 Å². The number of nitrogens with one attached hydrogen (secondary N) is 1. The molecular weight excluding hydrogens is 427 g/mol. The number of thioether (sulfide) groups is 1. The Balaban J connectivity index is 1.71. The third kappa shape index (κ3) is 6.32. The van der Waals surface area contributed by atoms with Gasteiger partial charge < -0.3 is 14.6 Å². The Morgan fingerprint density at radius 3 is 2.47 bits per heavy atom. The van der Waals surface area contributed by atoms with Crippen LogP contribution in [0.5, 0.6) is 5.75 Å². The van der Waals surface area contributed by atoms with Crippen molar-refractivity contribution in [1.29, 1.82) is 0 Å². The zero-order valence-corrected chi connectivity index (χ0v) is 19.9. The predicted octanol–water partition coefficient (Wildman–Crippen LogP) is 5.56. The lowest BCUT2D eigenvalue weighted by Crippen LogP contribution is -2.17. The van der Waals surface area contributed by atoms with E-state index in [9.17, 15) is 9.18 Å². The van der Waals surface area contributed by atoms with E-state index in [0.29, 0.717) is 23.4 Å². The molecule has 8 heteroatoms. The van der Waals surface area contributed by atoms with E-state index < -0.39 is 11.9 Å². The van der Waals surface area contributed by atoms with E-state index in [1.807, 2.05) is 37.5 Å². The van der Waals surface area contributed by atoms with E-state index in [4.69, 9.17) is 4.74 Å². The molecule has 2 aromatic carbocycles. The van der Waals surface area contributed by atoms with Crippen LogP contribution < -0.4 is 10.1 Å². The number of para-hydroxylation sites is 1. The molecule has 0 aliphatic rings. The molecule has 0 spiro atoms.